The maximum Gasteiger partial charge on any atom is 0.159 e. The fourth-order valence-electron chi connectivity index (χ4n) is 1.66. The average Bonchev–Trinajstić information content (AvgIpc) is 2.47. The number of ether oxygens (including phenoxy) is 1. The highest BCUT2D eigenvalue weighted by molar-refractivity contribution is 5.60. The largest absolute Gasteiger partial charge is 0.504 e. The molecule has 6 heteroatoms. The average molecular weight is 275 g/mol. The van der Waals surface area contributed by atoms with Gasteiger partial charge in [-0.2, -0.15) is 0 Å². The minimum Gasteiger partial charge on any atom is -0.504 e. The fourth-order valence-corrected chi connectivity index (χ4v) is 1.66. The molecule has 0 aliphatic heterocycles. The molecule has 0 saturated carbocycles. The second-order valence-corrected chi connectivity index (χ2v) is 4.29. The van der Waals surface area contributed by atoms with Gasteiger partial charge in [-0.15, -0.1) is 0 Å². The number of hydrogen-bond acceptors (Lipinski definition) is 6. The summed E-state index contributed by atoms with van der Waals surface area (Å²) >= 11 is 0. The van der Waals surface area contributed by atoms with Gasteiger partial charge in [0.1, 0.15) is 0 Å². The number of phenolic OH excluding ortho intramolecular Hbond substituents is 2. The lowest BCUT2D eigenvalue weighted by Gasteiger charge is -2.05. The zero-order valence-corrected chi connectivity index (χ0v) is 11.2. The Morgan fingerprint density at radius 1 is 1.15 bits per heavy atom. The number of aromatic nitrogens is 2. The van der Waals surface area contributed by atoms with E-state index in [-0.39, 0.29) is 11.5 Å². The van der Waals surface area contributed by atoms with Crippen LogP contribution in [0.25, 0.3) is 11.4 Å². The number of nitrogens with zero attached hydrogens (tertiary/aromatic N) is 2. The Bertz CT molecular complexity index is 558. The summed E-state index contributed by atoms with van der Waals surface area (Å²) in [6, 6.07) is 4.50. The number of phenols is 2. The van der Waals surface area contributed by atoms with Crippen molar-refractivity contribution < 1.29 is 14.9 Å². The van der Waals surface area contributed by atoms with Crippen molar-refractivity contribution in [1.82, 2.24) is 15.3 Å². The highest BCUT2D eigenvalue weighted by atomic mass is 16.5. The van der Waals surface area contributed by atoms with Crippen LogP contribution in [0.4, 0.5) is 0 Å². The van der Waals surface area contributed by atoms with E-state index >= 15 is 0 Å². The molecule has 1 heterocycles. The van der Waals surface area contributed by atoms with E-state index in [1.54, 1.807) is 25.6 Å². The number of nitrogens with one attached hydrogen (secondary N) is 1. The van der Waals surface area contributed by atoms with Crippen LogP contribution in [0.3, 0.4) is 0 Å². The zero-order chi connectivity index (χ0) is 14.4. The summed E-state index contributed by atoms with van der Waals surface area (Å²) in [5.41, 5.74) is 1.62. The maximum absolute atomic E-state index is 9.46. The summed E-state index contributed by atoms with van der Waals surface area (Å²) in [6.45, 7) is 2.10. The lowest BCUT2D eigenvalue weighted by atomic mass is 10.2. The molecule has 0 amide bonds. The molecule has 0 atom stereocenters. The van der Waals surface area contributed by atoms with Crippen molar-refractivity contribution in [2.24, 2.45) is 0 Å². The molecule has 0 spiro atoms. The number of rotatable bonds is 6. The molecule has 106 valence electrons. The van der Waals surface area contributed by atoms with Gasteiger partial charge >= 0.3 is 0 Å². The van der Waals surface area contributed by atoms with Gasteiger partial charge in [0.2, 0.25) is 0 Å². The molecule has 0 aliphatic carbocycles. The summed E-state index contributed by atoms with van der Waals surface area (Å²) in [5.74, 6) is 0.157. The number of benzene rings is 1. The number of aromatic hydroxyl groups is 2. The predicted molar refractivity (Wildman–Crippen MR) is 74.4 cm³/mol. The standard InChI is InChI=1S/C14H17N3O3/c1-20-5-4-15-7-10-8-16-14(17-9-10)11-2-3-12(18)13(19)6-11/h2-3,6,8-9,15,18-19H,4-5,7H2,1H3. The number of hydrogen-bond donors (Lipinski definition) is 3. The van der Waals surface area contributed by atoms with Crippen LogP contribution in [-0.4, -0.2) is 40.4 Å². The van der Waals surface area contributed by atoms with Gasteiger partial charge in [0.15, 0.2) is 17.3 Å². The minimum atomic E-state index is -0.184. The van der Waals surface area contributed by atoms with Crippen molar-refractivity contribution in [3.63, 3.8) is 0 Å². The first-order chi connectivity index (χ1) is 9.70. The smallest absolute Gasteiger partial charge is 0.159 e. The van der Waals surface area contributed by atoms with Gasteiger partial charge in [0.25, 0.3) is 0 Å². The molecule has 20 heavy (non-hydrogen) atoms. The van der Waals surface area contributed by atoms with E-state index in [2.05, 4.69) is 15.3 Å². The first-order valence-corrected chi connectivity index (χ1v) is 6.23. The third-order valence-corrected chi connectivity index (χ3v) is 2.75. The normalized spacial score (nSPS) is 10.7. The predicted octanol–water partition coefficient (Wildman–Crippen LogP) is 1.29. The van der Waals surface area contributed by atoms with Crippen LogP contribution < -0.4 is 5.32 Å². The molecule has 0 unspecified atom stereocenters. The van der Waals surface area contributed by atoms with Crippen molar-refractivity contribution in [1.29, 1.82) is 0 Å². The Labute approximate surface area is 117 Å². The lowest BCUT2D eigenvalue weighted by Crippen LogP contribution is -2.18. The van der Waals surface area contributed by atoms with Crippen molar-refractivity contribution in [3.05, 3.63) is 36.2 Å². The SMILES string of the molecule is COCCNCc1cnc(-c2ccc(O)c(O)c2)nc1. The van der Waals surface area contributed by atoms with Crippen LogP contribution in [0.2, 0.25) is 0 Å². The summed E-state index contributed by atoms with van der Waals surface area (Å²) in [4.78, 5) is 8.49. The van der Waals surface area contributed by atoms with Crippen molar-refractivity contribution in [2.75, 3.05) is 20.3 Å². The van der Waals surface area contributed by atoms with E-state index in [0.717, 1.165) is 12.1 Å². The number of methoxy groups -OCH3 is 1. The van der Waals surface area contributed by atoms with E-state index in [4.69, 9.17) is 4.74 Å². The van der Waals surface area contributed by atoms with E-state index in [0.29, 0.717) is 24.5 Å². The van der Waals surface area contributed by atoms with Crippen LogP contribution in [0, 0.1) is 0 Å². The van der Waals surface area contributed by atoms with Crippen molar-refractivity contribution in [3.8, 4) is 22.9 Å². The van der Waals surface area contributed by atoms with Gasteiger partial charge in [-0.3, -0.25) is 0 Å². The Kier molecular flexibility index (Phi) is 4.86. The van der Waals surface area contributed by atoms with Crippen LogP contribution >= 0.6 is 0 Å². The quantitative estimate of drug-likeness (QED) is 0.544. The molecule has 0 fully saturated rings. The summed E-state index contributed by atoms with van der Waals surface area (Å²) < 4.78 is 4.94. The van der Waals surface area contributed by atoms with E-state index in [1.165, 1.54) is 12.1 Å². The van der Waals surface area contributed by atoms with Crippen LogP contribution in [0.1, 0.15) is 5.56 Å². The molecule has 1 aromatic heterocycles. The fraction of sp³-hybridized carbons (Fsp3) is 0.286. The van der Waals surface area contributed by atoms with E-state index < -0.39 is 0 Å². The minimum absolute atomic E-state index is 0.160. The topological polar surface area (TPSA) is 87.5 Å². The summed E-state index contributed by atoms with van der Waals surface area (Å²) in [6.07, 6.45) is 3.46. The summed E-state index contributed by atoms with van der Waals surface area (Å²) in [5, 5.41) is 21.9. The maximum atomic E-state index is 9.46. The Balaban J connectivity index is 2.02. The molecular formula is C14H17N3O3. The monoisotopic (exact) mass is 275 g/mol. The third kappa shape index (κ3) is 3.66. The second-order valence-electron chi connectivity index (χ2n) is 4.29. The van der Waals surface area contributed by atoms with Gasteiger partial charge in [0, 0.05) is 43.7 Å². The van der Waals surface area contributed by atoms with Gasteiger partial charge in [-0.25, -0.2) is 9.97 Å². The Hall–Kier alpha value is -2.18. The van der Waals surface area contributed by atoms with Gasteiger partial charge in [0.05, 0.1) is 6.61 Å². The Morgan fingerprint density at radius 3 is 2.55 bits per heavy atom. The van der Waals surface area contributed by atoms with E-state index in [1.807, 2.05) is 0 Å². The molecule has 0 aliphatic rings. The Morgan fingerprint density at radius 2 is 1.90 bits per heavy atom. The highest BCUT2D eigenvalue weighted by Crippen LogP contribution is 2.28. The van der Waals surface area contributed by atoms with Crippen LogP contribution in [0.15, 0.2) is 30.6 Å². The van der Waals surface area contributed by atoms with Gasteiger partial charge < -0.3 is 20.3 Å². The van der Waals surface area contributed by atoms with E-state index in [9.17, 15) is 10.2 Å². The first kappa shape index (κ1) is 14.2. The summed E-state index contributed by atoms with van der Waals surface area (Å²) in [7, 11) is 1.66. The molecule has 0 radical (unpaired) electrons. The van der Waals surface area contributed by atoms with Crippen molar-refractivity contribution in [2.45, 2.75) is 6.54 Å². The molecular weight excluding hydrogens is 258 g/mol. The lowest BCUT2D eigenvalue weighted by molar-refractivity contribution is 0.199. The molecule has 2 aromatic rings. The molecule has 1 aromatic carbocycles. The molecule has 6 nitrogen and oxygen atoms in total. The third-order valence-electron chi connectivity index (χ3n) is 2.75. The molecule has 2 rings (SSSR count). The van der Waals surface area contributed by atoms with Gasteiger partial charge in [-0.05, 0) is 18.2 Å². The van der Waals surface area contributed by atoms with Crippen molar-refractivity contribution >= 4 is 0 Å². The van der Waals surface area contributed by atoms with Crippen LogP contribution in [0.5, 0.6) is 11.5 Å². The molecule has 3 N–H and O–H groups in total. The second kappa shape index (κ2) is 6.83. The zero-order valence-electron chi connectivity index (χ0n) is 11.2. The highest BCUT2D eigenvalue weighted by Gasteiger charge is 2.05. The molecule has 0 saturated heterocycles. The first-order valence-electron chi connectivity index (χ1n) is 6.23. The van der Waals surface area contributed by atoms with Crippen LogP contribution in [-0.2, 0) is 11.3 Å². The van der Waals surface area contributed by atoms with Gasteiger partial charge in [-0.1, -0.05) is 0 Å². The molecule has 0 bridgehead atoms.